The van der Waals surface area contributed by atoms with Gasteiger partial charge in [0.05, 0.1) is 34.4 Å². The number of amides is 2. The summed E-state index contributed by atoms with van der Waals surface area (Å²) in [5.41, 5.74) is 3.53. The third kappa shape index (κ3) is 6.91. The molecule has 2 N–H and O–H groups in total. The van der Waals surface area contributed by atoms with Crippen molar-refractivity contribution in [2.75, 3.05) is 31.2 Å². The quantitative estimate of drug-likeness (QED) is 0.310. The van der Waals surface area contributed by atoms with E-state index >= 15 is 0 Å². The number of anilines is 1. The number of nitro groups is 1. The van der Waals surface area contributed by atoms with Crippen LogP contribution in [0.5, 0.6) is 0 Å². The molecule has 2 aromatic rings. The number of ether oxygens (including phenoxy) is 1. The lowest BCUT2D eigenvalue weighted by molar-refractivity contribution is -0.384. The van der Waals surface area contributed by atoms with Crippen molar-refractivity contribution < 1.29 is 19.2 Å². The van der Waals surface area contributed by atoms with Crippen molar-refractivity contribution in [3.05, 3.63) is 67.7 Å². The second-order valence-electron chi connectivity index (χ2n) is 8.16. The standard InChI is InChI=1S/C23H25Cl2N5O5/c1-14(2)21(27-22(31)16-4-5-17(24)18(25)12-16)23(32)28-26-13-15-3-6-19(20(11-15)30(33)34)29-7-9-35-10-8-29/h3-6,11-14,21H,7-10H2,1-2H3,(H,27,31)(H,28,32)/b26-13-. The van der Waals surface area contributed by atoms with Crippen LogP contribution in [0, 0.1) is 16.0 Å². The normalized spacial score (nSPS) is 14.7. The Hall–Kier alpha value is -3.21. The minimum Gasteiger partial charge on any atom is -0.378 e. The van der Waals surface area contributed by atoms with Gasteiger partial charge in [-0.1, -0.05) is 43.1 Å². The lowest BCUT2D eigenvalue weighted by atomic mass is 10.0. The van der Waals surface area contributed by atoms with Gasteiger partial charge in [0.15, 0.2) is 0 Å². The summed E-state index contributed by atoms with van der Waals surface area (Å²) < 4.78 is 5.31. The van der Waals surface area contributed by atoms with Crippen LogP contribution >= 0.6 is 23.2 Å². The fourth-order valence-corrected chi connectivity index (χ4v) is 3.77. The number of rotatable bonds is 8. The molecule has 1 atom stereocenters. The van der Waals surface area contributed by atoms with Gasteiger partial charge in [-0.2, -0.15) is 5.10 Å². The summed E-state index contributed by atoms with van der Waals surface area (Å²) in [7, 11) is 0. The number of hydrogen-bond donors (Lipinski definition) is 2. The molecule has 0 bridgehead atoms. The Morgan fingerprint density at radius 3 is 2.49 bits per heavy atom. The lowest BCUT2D eigenvalue weighted by Crippen LogP contribution is -2.48. The molecule has 1 saturated heterocycles. The van der Waals surface area contributed by atoms with Crippen LogP contribution in [0.1, 0.15) is 29.8 Å². The second-order valence-corrected chi connectivity index (χ2v) is 8.98. The average Bonchev–Trinajstić information content (AvgIpc) is 2.84. The molecule has 1 aliphatic heterocycles. The summed E-state index contributed by atoms with van der Waals surface area (Å²) in [6.45, 7) is 5.69. The first-order chi connectivity index (χ1) is 16.7. The fraction of sp³-hybridized carbons (Fsp3) is 0.348. The van der Waals surface area contributed by atoms with Gasteiger partial charge in [0.2, 0.25) is 0 Å². The lowest BCUT2D eigenvalue weighted by Gasteiger charge is -2.28. The molecular weight excluding hydrogens is 497 g/mol. The van der Waals surface area contributed by atoms with Crippen molar-refractivity contribution >= 4 is 52.6 Å². The maximum atomic E-state index is 12.7. The van der Waals surface area contributed by atoms with Gasteiger partial charge in [-0.15, -0.1) is 0 Å². The summed E-state index contributed by atoms with van der Waals surface area (Å²) in [6.07, 6.45) is 1.31. The SMILES string of the molecule is CC(C)C(NC(=O)c1ccc(Cl)c(Cl)c1)C(=O)N/N=C\c1ccc(N2CCOCC2)c([N+](=O)[O-])c1. The van der Waals surface area contributed by atoms with Gasteiger partial charge in [0.25, 0.3) is 17.5 Å². The number of morpholine rings is 1. The zero-order valence-electron chi connectivity index (χ0n) is 19.2. The first kappa shape index (κ1) is 26.4. The van der Waals surface area contributed by atoms with Crippen molar-refractivity contribution in [2.45, 2.75) is 19.9 Å². The molecule has 0 aliphatic carbocycles. The molecule has 10 nitrogen and oxygen atoms in total. The first-order valence-corrected chi connectivity index (χ1v) is 11.6. The van der Waals surface area contributed by atoms with Gasteiger partial charge in [-0.25, -0.2) is 5.43 Å². The Balaban J connectivity index is 1.68. The number of hydrogen-bond acceptors (Lipinski definition) is 7. The van der Waals surface area contributed by atoms with E-state index in [-0.39, 0.29) is 22.2 Å². The molecule has 1 heterocycles. The van der Waals surface area contributed by atoms with Crippen molar-refractivity contribution in [3.8, 4) is 0 Å². The second kappa shape index (κ2) is 12.0. The molecule has 1 unspecified atom stereocenters. The van der Waals surface area contributed by atoms with E-state index in [1.807, 2.05) is 4.90 Å². The smallest absolute Gasteiger partial charge is 0.293 e. The van der Waals surface area contributed by atoms with E-state index in [4.69, 9.17) is 27.9 Å². The van der Waals surface area contributed by atoms with Crippen LogP contribution in [0.25, 0.3) is 0 Å². The number of nitro benzene ring substituents is 1. The molecule has 0 saturated carbocycles. The van der Waals surface area contributed by atoms with Crippen LogP contribution < -0.4 is 15.6 Å². The maximum absolute atomic E-state index is 12.7. The summed E-state index contributed by atoms with van der Waals surface area (Å²) in [5.74, 6) is -1.27. The number of nitrogens with one attached hydrogen (secondary N) is 2. The average molecular weight is 522 g/mol. The van der Waals surface area contributed by atoms with Crippen LogP contribution in [-0.4, -0.2) is 55.3 Å². The minimum atomic E-state index is -0.882. The van der Waals surface area contributed by atoms with Gasteiger partial charge in [0.1, 0.15) is 11.7 Å². The molecule has 3 rings (SSSR count). The fourth-order valence-electron chi connectivity index (χ4n) is 3.48. The predicted octanol–water partition coefficient (Wildman–Crippen LogP) is 3.64. The van der Waals surface area contributed by atoms with E-state index in [2.05, 4.69) is 15.8 Å². The van der Waals surface area contributed by atoms with Crippen LogP contribution in [-0.2, 0) is 9.53 Å². The number of carbonyl (C=O) groups is 2. The van der Waals surface area contributed by atoms with Gasteiger partial charge in [-0.3, -0.25) is 19.7 Å². The first-order valence-electron chi connectivity index (χ1n) is 10.9. The van der Waals surface area contributed by atoms with E-state index in [1.54, 1.807) is 26.0 Å². The number of hydrazone groups is 1. The molecule has 0 spiro atoms. The van der Waals surface area contributed by atoms with Crippen LogP contribution in [0.4, 0.5) is 11.4 Å². The van der Waals surface area contributed by atoms with Crippen LogP contribution in [0.2, 0.25) is 10.0 Å². The molecule has 12 heteroatoms. The minimum absolute atomic E-state index is 0.0591. The van der Waals surface area contributed by atoms with Gasteiger partial charge in [0, 0.05) is 30.3 Å². The Labute approximate surface area is 212 Å². The van der Waals surface area contributed by atoms with E-state index in [0.717, 1.165) is 0 Å². The molecular formula is C23H25Cl2N5O5. The van der Waals surface area contributed by atoms with E-state index in [0.29, 0.717) is 42.6 Å². The highest BCUT2D eigenvalue weighted by Gasteiger charge is 2.25. The topological polar surface area (TPSA) is 126 Å². The third-order valence-electron chi connectivity index (χ3n) is 5.35. The Morgan fingerprint density at radius 2 is 1.86 bits per heavy atom. The molecule has 2 aromatic carbocycles. The Bertz CT molecular complexity index is 1140. The molecule has 0 radical (unpaired) electrons. The van der Waals surface area contributed by atoms with E-state index < -0.39 is 22.8 Å². The van der Waals surface area contributed by atoms with Crippen LogP contribution in [0.3, 0.4) is 0 Å². The molecule has 2 amide bonds. The van der Waals surface area contributed by atoms with E-state index in [1.165, 1.54) is 30.5 Å². The summed E-state index contributed by atoms with van der Waals surface area (Å²) in [5, 5.41) is 18.7. The van der Waals surface area contributed by atoms with Crippen LogP contribution in [0.15, 0.2) is 41.5 Å². The molecule has 1 fully saturated rings. The predicted molar refractivity (Wildman–Crippen MR) is 134 cm³/mol. The largest absolute Gasteiger partial charge is 0.378 e. The number of nitrogens with zero attached hydrogens (tertiary/aromatic N) is 3. The third-order valence-corrected chi connectivity index (χ3v) is 6.09. The van der Waals surface area contributed by atoms with Crippen molar-refractivity contribution in [3.63, 3.8) is 0 Å². The molecule has 1 aliphatic rings. The highest BCUT2D eigenvalue weighted by Crippen LogP contribution is 2.29. The molecule has 0 aromatic heterocycles. The zero-order valence-corrected chi connectivity index (χ0v) is 20.7. The van der Waals surface area contributed by atoms with E-state index in [9.17, 15) is 19.7 Å². The van der Waals surface area contributed by atoms with Crippen molar-refractivity contribution in [2.24, 2.45) is 11.0 Å². The maximum Gasteiger partial charge on any atom is 0.293 e. The molecule has 35 heavy (non-hydrogen) atoms. The Morgan fingerprint density at radius 1 is 1.14 bits per heavy atom. The zero-order chi connectivity index (χ0) is 25.5. The molecule has 186 valence electrons. The van der Waals surface area contributed by atoms with Crippen molar-refractivity contribution in [1.29, 1.82) is 0 Å². The van der Waals surface area contributed by atoms with Gasteiger partial charge in [-0.05, 0) is 30.2 Å². The Kier molecular flexibility index (Phi) is 9.02. The number of halogens is 2. The summed E-state index contributed by atoms with van der Waals surface area (Å²) in [6, 6.07) is 8.27. The van der Waals surface area contributed by atoms with Gasteiger partial charge >= 0.3 is 0 Å². The summed E-state index contributed by atoms with van der Waals surface area (Å²) in [4.78, 5) is 38.3. The van der Waals surface area contributed by atoms with Crippen molar-refractivity contribution in [1.82, 2.24) is 10.7 Å². The number of carbonyl (C=O) groups excluding carboxylic acids is 2. The highest BCUT2D eigenvalue weighted by atomic mass is 35.5. The van der Waals surface area contributed by atoms with Gasteiger partial charge < -0.3 is 15.0 Å². The monoisotopic (exact) mass is 521 g/mol. The highest BCUT2D eigenvalue weighted by molar-refractivity contribution is 6.42. The summed E-state index contributed by atoms with van der Waals surface area (Å²) >= 11 is 11.9. The number of benzene rings is 2.